The molecule has 9 nitrogen and oxygen atoms in total. The molecule has 0 atom stereocenters. The van der Waals surface area contributed by atoms with E-state index in [4.69, 9.17) is 9.90 Å². The van der Waals surface area contributed by atoms with Gasteiger partial charge in [0, 0.05) is 24.8 Å². The van der Waals surface area contributed by atoms with E-state index in [1.807, 2.05) is 29.6 Å². The normalized spacial score (nSPS) is 10.8. The van der Waals surface area contributed by atoms with E-state index in [2.05, 4.69) is 17.3 Å². The summed E-state index contributed by atoms with van der Waals surface area (Å²) in [6.45, 7) is 5.28. The number of aliphatic carboxylic acids is 1. The van der Waals surface area contributed by atoms with E-state index in [1.165, 1.54) is 30.3 Å². The predicted octanol–water partition coefficient (Wildman–Crippen LogP) is 4.96. The number of rotatable bonds is 8. The lowest BCUT2D eigenvalue weighted by atomic mass is 10.1. The molecule has 0 radical (unpaired) electrons. The van der Waals surface area contributed by atoms with Gasteiger partial charge in [0.1, 0.15) is 5.82 Å². The smallest absolute Gasteiger partial charge is 0.478 e. The molecule has 0 aliphatic carbocycles. The summed E-state index contributed by atoms with van der Waals surface area (Å²) in [7, 11) is 1.82. The van der Waals surface area contributed by atoms with Crippen molar-refractivity contribution in [1.29, 1.82) is 0 Å². The van der Waals surface area contributed by atoms with Crippen molar-refractivity contribution in [2.45, 2.75) is 39.5 Å². The van der Waals surface area contributed by atoms with Gasteiger partial charge in [0.05, 0.1) is 29.2 Å². The van der Waals surface area contributed by atoms with Gasteiger partial charge in [0.2, 0.25) is 0 Å². The zero-order valence-electron chi connectivity index (χ0n) is 20.7. The number of carbonyl (C=O) groups excluding carboxylic acids is 1. The Hall–Kier alpha value is -4.42. The molecule has 0 aliphatic rings. The average molecular weight is 538 g/mol. The zero-order chi connectivity index (χ0) is 28.6. The molecular weight excluding hydrogens is 512 g/mol. The second kappa shape index (κ2) is 12.7. The van der Waals surface area contributed by atoms with E-state index in [0.29, 0.717) is 17.9 Å². The van der Waals surface area contributed by atoms with Crippen LogP contribution >= 0.6 is 0 Å². The predicted molar refractivity (Wildman–Crippen MR) is 131 cm³/mol. The summed E-state index contributed by atoms with van der Waals surface area (Å²) in [5, 5.41) is 24.0. The van der Waals surface area contributed by atoms with Crippen LogP contribution in [-0.2, 0) is 17.9 Å². The van der Waals surface area contributed by atoms with Crippen molar-refractivity contribution >= 4 is 29.2 Å². The maximum atomic E-state index is 13.1. The first-order valence-electron chi connectivity index (χ1n) is 11.2. The maximum absolute atomic E-state index is 13.1. The highest BCUT2D eigenvalue weighted by atomic mass is 19.4. The third-order valence-electron chi connectivity index (χ3n) is 5.07. The molecule has 0 saturated carbocycles. The number of halogens is 4. The number of nitrogens with zero attached hydrogens (tertiary/aromatic N) is 3. The topological polar surface area (TPSA) is 125 Å². The fraction of sp³-hybridized carbons (Fsp3) is 0.280. The Morgan fingerprint density at radius 2 is 1.66 bits per heavy atom. The third-order valence-corrected chi connectivity index (χ3v) is 5.07. The van der Waals surface area contributed by atoms with E-state index in [1.54, 1.807) is 12.1 Å². The monoisotopic (exact) mass is 538 g/mol. The third kappa shape index (κ3) is 8.32. The van der Waals surface area contributed by atoms with E-state index in [-0.39, 0.29) is 11.1 Å². The Kier molecular flexibility index (Phi) is 9.96. The Morgan fingerprint density at radius 3 is 2.18 bits per heavy atom. The summed E-state index contributed by atoms with van der Waals surface area (Å²) in [5.41, 5.74) is 3.11. The van der Waals surface area contributed by atoms with Gasteiger partial charge in [0.15, 0.2) is 0 Å². The number of hydrogen-bond acceptors (Lipinski definition) is 5. The summed E-state index contributed by atoms with van der Waals surface area (Å²) < 4.78 is 46.7. The minimum absolute atomic E-state index is 0.0673. The number of aromatic carboxylic acids is 1. The number of carbonyl (C=O) groups is 3. The second-order valence-corrected chi connectivity index (χ2v) is 8.16. The molecule has 0 bridgehead atoms. The largest absolute Gasteiger partial charge is 0.490 e. The lowest BCUT2D eigenvalue weighted by molar-refractivity contribution is -0.192. The van der Waals surface area contributed by atoms with Crippen LogP contribution in [0.2, 0.25) is 0 Å². The van der Waals surface area contributed by atoms with Crippen molar-refractivity contribution in [1.82, 2.24) is 9.78 Å². The van der Waals surface area contributed by atoms with Crippen molar-refractivity contribution in [2.24, 2.45) is 0 Å². The molecule has 0 aliphatic heterocycles. The number of amides is 1. The number of aryl methyl sites for hydroxylation is 2. The number of nitrogens with one attached hydrogen (secondary N) is 1. The summed E-state index contributed by atoms with van der Waals surface area (Å²) in [4.78, 5) is 35.0. The Morgan fingerprint density at radius 1 is 1.05 bits per heavy atom. The van der Waals surface area contributed by atoms with Gasteiger partial charge < -0.3 is 20.4 Å². The van der Waals surface area contributed by atoms with Gasteiger partial charge in [-0.1, -0.05) is 6.92 Å². The average Bonchev–Trinajstić information content (AvgIpc) is 3.17. The highest BCUT2D eigenvalue weighted by molar-refractivity contribution is 6.05. The molecule has 0 saturated heterocycles. The van der Waals surface area contributed by atoms with Gasteiger partial charge in [0.25, 0.3) is 5.91 Å². The first-order valence-corrected chi connectivity index (χ1v) is 11.2. The molecule has 204 valence electrons. The van der Waals surface area contributed by atoms with Gasteiger partial charge in [-0.05, 0) is 61.9 Å². The van der Waals surface area contributed by atoms with Crippen LogP contribution in [0.25, 0.3) is 0 Å². The van der Waals surface area contributed by atoms with Crippen molar-refractivity contribution in [3.05, 3.63) is 76.9 Å². The molecule has 3 N–H and O–H groups in total. The van der Waals surface area contributed by atoms with Crippen LogP contribution in [0.3, 0.4) is 0 Å². The first kappa shape index (κ1) is 29.8. The number of hydrogen-bond donors (Lipinski definition) is 3. The van der Waals surface area contributed by atoms with Gasteiger partial charge in [-0.3, -0.25) is 9.48 Å². The molecule has 2 aromatic carbocycles. The standard InChI is InChI=1S/C23H25FN4O3.C2HF3O2/c1-4-11-28-19(12-15(2)26-28)14-27(3)21-10-9-18(13-20(21)23(30)31)25-22(29)16-5-7-17(24)8-6-16;3-2(4,5)1(6)7/h5-10,12-13H,4,11,14H2,1-3H3,(H,25,29)(H,30,31);(H,6,7). The van der Waals surface area contributed by atoms with E-state index < -0.39 is 29.8 Å². The highest BCUT2D eigenvalue weighted by Crippen LogP contribution is 2.26. The fourth-order valence-corrected chi connectivity index (χ4v) is 3.38. The van der Waals surface area contributed by atoms with Crippen LogP contribution < -0.4 is 10.2 Å². The van der Waals surface area contributed by atoms with Crippen LogP contribution in [0.1, 0.15) is 45.4 Å². The van der Waals surface area contributed by atoms with Crippen LogP contribution in [0, 0.1) is 12.7 Å². The number of benzene rings is 2. The van der Waals surface area contributed by atoms with Gasteiger partial charge in [-0.2, -0.15) is 18.3 Å². The Bertz CT molecular complexity index is 1290. The molecule has 3 aromatic rings. The molecule has 1 aromatic heterocycles. The number of anilines is 2. The number of carboxylic acids is 2. The van der Waals surface area contributed by atoms with Crippen LogP contribution in [0.4, 0.5) is 28.9 Å². The zero-order valence-corrected chi connectivity index (χ0v) is 20.7. The lowest BCUT2D eigenvalue weighted by Gasteiger charge is -2.22. The summed E-state index contributed by atoms with van der Waals surface area (Å²) in [6.07, 6.45) is -4.14. The fourth-order valence-electron chi connectivity index (χ4n) is 3.38. The molecule has 0 unspecified atom stereocenters. The molecule has 0 fully saturated rings. The van der Waals surface area contributed by atoms with Gasteiger partial charge in [-0.15, -0.1) is 0 Å². The molecule has 1 heterocycles. The van der Waals surface area contributed by atoms with Crippen molar-refractivity contribution in [2.75, 3.05) is 17.3 Å². The molecular formula is C25H26F4N4O5. The SMILES string of the molecule is CCCn1nc(C)cc1CN(C)c1ccc(NC(=O)c2ccc(F)cc2)cc1C(=O)O.O=C(O)C(F)(F)F. The van der Waals surface area contributed by atoms with Gasteiger partial charge >= 0.3 is 18.1 Å². The maximum Gasteiger partial charge on any atom is 0.490 e. The highest BCUT2D eigenvalue weighted by Gasteiger charge is 2.38. The molecule has 1 amide bonds. The lowest BCUT2D eigenvalue weighted by Crippen LogP contribution is -2.22. The minimum Gasteiger partial charge on any atom is -0.478 e. The molecule has 0 spiro atoms. The summed E-state index contributed by atoms with van der Waals surface area (Å²) >= 11 is 0. The second-order valence-electron chi connectivity index (χ2n) is 8.16. The number of aromatic nitrogens is 2. The van der Waals surface area contributed by atoms with Crippen molar-refractivity contribution in [3.8, 4) is 0 Å². The van der Waals surface area contributed by atoms with Crippen LogP contribution in [0.5, 0.6) is 0 Å². The molecule has 13 heteroatoms. The Balaban J connectivity index is 0.000000638. The van der Waals surface area contributed by atoms with Gasteiger partial charge in [-0.25, -0.2) is 14.0 Å². The molecule has 3 rings (SSSR count). The van der Waals surface area contributed by atoms with Crippen molar-refractivity contribution in [3.63, 3.8) is 0 Å². The van der Waals surface area contributed by atoms with E-state index in [9.17, 15) is 32.3 Å². The first-order chi connectivity index (χ1) is 17.7. The quantitative estimate of drug-likeness (QED) is 0.346. The van der Waals surface area contributed by atoms with Crippen LogP contribution in [0.15, 0.2) is 48.5 Å². The summed E-state index contributed by atoms with van der Waals surface area (Å²) in [5.74, 6) is -4.74. The Labute approximate surface area is 215 Å². The van der Waals surface area contributed by atoms with E-state index >= 15 is 0 Å². The number of alkyl halides is 3. The molecule has 38 heavy (non-hydrogen) atoms. The minimum atomic E-state index is -5.08. The number of carboxylic acid groups (broad SMARTS) is 2. The van der Waals surface area contributed by atoms with E-state index in [0.717, 1.165) is 24.4 Å². The van der Waals surface area contributed by atoms with Crippen LogP contribution in [-0.4, -0.2) is 51.1 Å². The summed E-state index contributed by atoms with van der Waals surface area (Å²) in [6, 6.07) is 11.8. The van der Waals surface area contributed by atoms with Crippen molar-refractivity contribution < 1.29 is 42.2 Å².